The second kappa shape index (κ2) is 39.0. The minimum Gasteiger partial charge on any atom is -0.487 e. The lowest BCUT2D eigenvalue weighted by Gasteiger charge is -2.19. The van der Waals surface area contributed by atoms with Crippen LogP contribution in [0.1, 0.15) is 194 Å². The van der Waals surface area contributed by atoms with Gasteiger partial charge in [0, 0.05) is 25.8 Å². The van der Waals surface area contributed by atoms with Gasteiger partial charge in [-0.2, -0.15) is 0 Å². The largest absolute Gasteiger partial charge is 0.487 e. The van der Waals surface area contributed by atoms with Gasteiger partial charge in [0.1, 0.15) is 13.2 Å². The van der Waals surface area contributed by atoms with E-state index in [9.17, 15) is 9.59 Å². The van der Waals surface area contributed by atoms with Crippen LogP contribution in [0.4, 0.5) is 0 Å². The molecule has 6 nitrogen and oxygen atoms in total. The molecule has 0 amide bonds. The average molecular weight is 750 g/mol. The maximum atomic E-state index is 12.1. The standard InChI is InChI=1S/C45H83NO5S/c1-6-8-10-12-14-22-28-37-49-43(47)34-26-20-16-18-24-32-42(40-51-45(52)36-30-31-41(3)39-46(4)5)33-25-19-17-21-27-35-44(48)50-38-29-23-15-13-11-9-7-2/h22-23,28-29,41-42H,6-21,24-27,30-40H2,1-5H3/b28-22-,29-23-. The number of hydrogen-bond donors (Lipinski definition) is 0. The molecule has 52 heavy (non-hydrogen) atoms. The Morgan fingerprint density at radius 2 is 1.02 bits per heavy atom. The number of carbonyl (C=O) groups excluding carboxylic acids is 2. The molecule has 1 unspecified atom stereocenters. The lowest BCUT2D eigenvalue weighted by molar-refractivity contribution is -0.143. The van der Waals surface area contributed by atoms with Crippen molar-refractivity contribution >= 4 is 29.2 Å². The molecule has 0 spiro atoms. The summed E-state index contributed by atoms with van der Waals surface area (Å²) in [6.45, 7) is 9.40. The summed E-state index contributed by atoms with van der Waals surface area (Å²) in [7, 11) is 4.26. The van der Waals surface area contributed by atoms with Crippen molar-refractivity contribution in [3.05, 3.63) is 24.3 Å². The Balaban J connectivity index is 4.28. The van der Waals surface area contributed by atoms with Crippen molar-refractivity contribution in [2.75, 3.05) is 40.5 Å². The normalized spacial score (nSPS) is 12.4. The van der Waals surface area contributed by atoms with E-state index in [1.807, 2.05) is 12.2 Å². The number of unbranched alkanes of at least 4 members (excludes halogenated alkanes) is 16. The number of thiocarbonyl (C=S) groups is 1. The van der Waals surface area contributed by atoms with E-state index in [1.54, 1.807) is 0 Å². The number of nitrogens with zero attached hydrogens (tertiary/aromatic N) is 1. The molecule has 0 aliphatic rings. The molecule has 0 heterocycles. The van der Waals surface area contributed by atoms with Crippen molar-refractivity contribution < 1.29 is 23.8 Å². The van der Waals surface area contributed by atoms with Crippen LogP contribution in [0.3, 0.4) is 0 Å². The van der Waals surface area contributed by atoms with Crippen LogP contribution in [0.15, 0.2) is 24.3 Å². The van der Waals surface area contributed by atoms with Crippen molar-refractivity contribution in [3.63, 3.8) is 0 Å². The van der Waals surface area contributed by atoms with E-state index in [-0.39, 0.29) is 11.9 Å². The summed E-state index contributed by atoms with van der Waals surface area (Å²) in [5, 5.41) is 0.769. The fourth-order valence-corrected chi connectivity index (χ4v) is 6.76. The first-order chi connectivity index (χ1) is 25.3. The molecular weight excluding hydrogens is 667 g/mol. The lowest BCUT2D eigenvalue weighted by Crippen LogP contribution is -2.20. The number of rotatable bonds is 38. The maximum absolute atomic E-state index is 12.1. The van der Waals surface area contributed by atoms with Gasteiger partial charge in [0.25, 0.3) is 0 Å². The highest BCUT2D eigenvalue weighted by Crippen LogP contribution is 2.21. The molecular formula is C45H83NO5S. The van der Waals surface area contributed by atoms with E-state index in [0.717, 1.165) is 95.3 Å². The summed E-state index contributed by atoms with van der Waals surface area (Å²) in [6, 6.07) is 0. The molecule has 0 fully saturated rings. The van der Waals surface area contributed by atoms with Gasteiger partial charge in [-0.15, -0.1) is 0 Å². The Bertz CT molecular complexity index is 837. The third kappa shape index (κ3) is 38.0. The van der Waals surface area contributed by atoms with Crippen LogP contribution < -0.4 is 0 Å². The summed E-state index contributed by atoms with van der Waals surface area (Å²) in [5.41, 5.74) is 0. The minimum absolute atomic E-state index is 0.0767. The van der Waals surface area contributed by atoms with E-state index in [2.05, 4.69) is 51.9 Å². The van der Waals surface area contributed by atoms with Crippen LogP contribution in [-0.4, -0.2) is 62.3 Å². The van der Waals surface area contributed by atoms with E-state index in [0.29, 0.717) is 37.9 Å². The Kier molecular flexibility index (Phi) is 37.7. The second-order valence-electron chi connectivity index (χ2n) is 15.4. The maximum Gasteiger partial charge on any atom is 0.306 e. The first-order valence-corrected chi connectivity index (χ1v) is 22.1. The Morgan fingerprint density at radius 3 is 1.50 bits per heavy atom. The van der Waals surface area contributed by atoms with Crippen molar-refractivity contribution in [2.45, 2.75) is 194 Å². The SMILES string of the molecule is CCCCCC/C=C\COC(=O)CCCCCCCC(CCCCCCCC(=O)OC/C=C\CCCCCC)COC(=S)CCCC(C)CN(C)C. The molecule has 0 saturated carbocycles. The van der Waals surface area contributed by atoms with Crippen LogP contribution >= 0.6 is 12.2 Å². The van der Waals surface area contributed by atoms with Crippen LogP contribution in [0.2, 0.25) is 0 Å². The van der Waals surface area contributed by atoms with Crippen LogP contribution in [0.25, 0.3) is 0 Å². The van der Waals surface area contributed by atoms with Gasteiger partial charge in [0.15, 0.2) is 5.05 Å². The Labute approximate surface area is 327 Å². The highest BCUT2D eigenvalue weighted by Gasteiger charge is 2.12. The minimum atomic E-state index is -0.0767. The Hall–Kier alpha value is -1.73. The topological polar surface area (TPSA) is 65.1 Å². The summed E-state index contributed by atoms with van der Waals surface area (Å²) in [4.78, 5) is 26.4. The number of hydrogen-bond acceptors (Lipinski definition) is 7. The second-order valence-corrected chi connectivity index (χ2v) is 15.9. The van der Waals surface area contributed by atoms with Crippen LogP contribution in [-0.2, 0) is 23.8 Å². The number of ether oxygens (including phenoxy) is 3. The molecule has 7 heteroatoms. The lowest BCUT2D eigenvalue weighted by atomic mass is 9.94. The molecule has 0 aliphatic carbocycles. The number of carbonyl (C=O) groups is 2. The van der Waals surface area contributed by atoms with E-state index < -0.39 is 0 Å². The fourth-order valence-electron chi connectivity index (χ4n) is 6.54. The summed E-state index contributed by atoms with van der Waals surface area (Å²) in [6.07, 6.45) is 38.0. The smallest absolute Gasteiger partial charge is 0.306 e. The highest BCUT2D eigenvalue weighted by molar-refractivity contribution is 7.80. The van der Waals surface area contributed by atoms with Gasteiger partial charge in [-0.25, -0.2) is 0 Å². The van der Waals surface area contributed by atoms with Crippen LogP contribution in [0, 0.1) is 11.8 Å². The molecule has 0 radical (unpaired) electrons. The molecule has 1 atom stereocenters. The third-order valence-electron chi connectivity index (χ3n) is 9.68. The zero-order chi connectivity index (χ0) is 38.3. The zero-order valence-electron chi connectivity index (χ0n) is 34.8. The monoisotopic (exact) mass is 750 g/mol. The summed E-state index contributed by atoms with van der Waals surface area (Å²) < 4.78 is 16.9. The first-order valence-electron chi connectivity index (χ1n) is 21.7. The van der Waals surface area contributed by atoms with Crippen molar-refractivity contribution in [1.82, 2.24) is 4.90 Å². The van der Waals surface area contributed by atoms with Gasteiger partial charge in [-0.1, -0.05) is 135 Å². The number of allylic oxidation sites excluding steroid dienone is 2. The van der Waals surface area contributed by atoms with Gasteiger partial charge in [0.05, 0.1) is 6.61 Å². The molecule has 0 bridgehead atoms. The average Bonchev–Trinajstić information content (AvgIpc) is 3.11. The zero-order valence-corrected chi connectivity index (χ0v) is 35.6. The quantitative estimate of drug-likeness (QED) is 0.0269. The van der Waals surface area contributed by atoms with Gasteiger partial charge in [0.2, 0.25) is 0 Å². The molecule has 0 aliphatic heterocycles. The predicted molar refractivity (Wildman–Crippen MR) is 226 cm³/mol. The predicted octanol–water partition coefficient (Wildman–Crippen LogP) is 12.9. The molecule has 0 aromatic carbocycles. The molecule has 304 valence electrons. The van der Waals surface area contributed by atoms with Crippen LogP contribution in [0.5, 0.6) is 0 Å². The van der Waals surface area contributed by atoms with Gasteiger partial charge >= 0.3 is 11.9 Å². The number of esters is 2. The summed E-state index contributed by atoms with van der Waals surface area (Å²) in [5.74, 6) is 1.04. The third-order valence-corrected chi connectivity index (χ3v) is 10.0. The van der Waals surface area contributed by atoms with Gasteiger partial charge in [-0.3, -0.25) is 9.59 Å². The van der Waals surface area contributed by atoms with E-state index >= 15 is 0 Å². The van der Waals surface area contributed by atoms with E-state index in [1.165, 1.54) is 83.5 Å². The van der Waals surface area contributed by atoms with Gasteiger partial charge in [-0.05, 0) is 102 Å². The molecule has 0 aromatic heterocycles. The van der Waals surface area contributed by atoms with Gasteiger partial charge < -0.3 is 19.1 Å². The molecule has 0 rings (SSSR count). The highest BCUT2D eigenvalue weighted by atomic mass is 32.1. The first kappa shape index (κ1) is 50.3. The molecule has 0 saturated heterocycles. The molecule has 0 N–H and O–H groups in total. The Morgan fingerprint density at radius 1 is 0.558 bits per heavy atom. The fraction of sp³-hybridized carbons (Fsp3) is 0.844. The summed E-state index contributed by atoms with van der Waals surface area (Å²) >= 11 is 5.62. The van der Waals surface area contributed by atoms with Crippen molar-refractivity contribution in [3.8, 4) is 0 Å². The van der Waals surface area contributed by atoms with Crippen molar-refractivity contribution in [2.24, 2.45) is 11.8 Å². The van der Waals surface area contributed by atoms with Crippen molar-refractivity contribution in [1.29, 1.82) is 0 Å². The van der Waals surface area contributed by atoms with E-state index in [4.69, 9.17) is 26.4 Å². The molecule has 0 aromatic rings.